The van der Waals surface area contributed by atoms with Crippen LogP contribution in [0.15, 0.2) is 62.3 Å². The van der Waals surface area contributed by atoms with Crippen molar-refractivity contribution in [3.63, 3.8) is 0 Å². The average Bonchev–Trinajstić information content (AvgIpc) is 3.53. The molecule has 1 aliphatic heterocycles. The van der Waals surface area contributed by atoms with Gasteiger partial charge in [-0.25, -0.2) is 0 Å². The third-order valence-electron chi connectivity index (χ3n) is 5.63. The summed E-state index contributed by atoms with van der Waals surface area (Å²) in [7, 11) is 0. The second-order valence-corrected chi connectivity index (χ2v) is 8.55. The van der Waals surface area contributed by atoms with Gasteiger partial charge in [-0.1, -0.05) is 13.2 Å². The number of halogens is 3. The van der Waals surface area contributed by atoms with E-state index in [0.29, 0.717) is 5.56 Å². The first-order chi connectivity index (χ1) is 17.3. The number of hydrogen-bond acceptors (Lipinski definition) is 6. The molecule has 1 fully saturated rings. The predicted octanol–water partition coefficient (Wildman–Crippen LogP) is 5.88. The van der Waals surface area contributed by atoms with Crippen LogP contribution in [0.4, 0.5) is 24.5 Å². The maximum absolute atomic E-state index is 11.9. The fourth-order valence-corrected chi connectivity index (χ4v) is 3.82. The summed E-state index contributed by atoms with van der Waals surface area (Å²) in [6.45, 7) is 13.0. The molecule has 3 aromatic heterocycles. The summed E-state index contributed by atoms with van der Waals surface area (Å²) in [5, 5.41) is 13.2. The van der Waals surface area contributed by atoms with Gasteiger partial charge in [0.2, 0.25) is 0 Å². The molecule has 192 valence electrons. The molecule has 0 spiro atoms. The number of nitrogens with one attached hydrogen (secondary N) is 3. The van der Waals surface area contributed by atoms with Crippen LogP contribution in [-0.2, 0) is 12.6 Å². The molecule has 0 radical (unpaired) electrons. The highest BCUT2D eigenvalue weighted by Gasteiger charge is 2.30. The van der Waals surface area contributed by atoms with E-state index in [2.05, 4.69) is 54.9 Å². The highest BCUT2D eigenvalue weighted by atomic mass is 19.4. The molecule has 1 saturated heterocycles. The van der Waals surface area contributed by atoms with Crippen molar-refractivity contribution in [2.45, 2.75) is 38.8 Å². The quantitative estimate of drug-likeness (QED) is 0.341. The van der Waals surface area contributed by atoms with Crippen molar-refractivity contribution in [2.24, 2.45) is 0 Å². The smallest absolute Gasteiger partial charge is 0.359 e. The second kappa shape index (κ2) is 12.9. The molecule has 36 heavy (non-hydrogen) atoms. The van der Waals surface area contributed by atoms with E-state index in [9.17, 15) is 13.2 Å². The molecular formula is C26H32F3N7. The van der Waals surface area contributed by atoms with Crippen LogP contribution in [0.2, 0.25) is 0 Å². The number of rotatable bonds is 9. The lowest BCUT2D eigenvalue weighted by Crippen LogP contribution is -2.20. The van der Waals surface area contributed by atoms with Crippen LogP contribution < -0.4 is 10.6 Å². The van der Waals surface area contributed by atoms with Crippen LogP contribution in [0.25, 0.3) is 5.70 Å². The highest BCUT2D eigenvalue weighted by molar-refractivity contribution is 5.79. The second-order valence-electron chi connectivity index (χ2n) is 8.55. The minimum atomic E-state index is -4.28. The van der Waals surface area contributed by atoms with E-state index >= 15 is 0 Å². The van der Waals surface area contributed by atoms with Gasteiger partial charge in [0.05, 0.1) is 35.0 Å². The maximum atomic E-state index is 11.9. The van der Waals surface area contributed by atoms with Crippen molar-refractivity contribution in [1.82, 2.24) is 25.1 Å². The number of alkyl halides is 3. The van der Waals surface area contributed by atoms with Crippen LogP contribution in [0.3, 0.4) is 0 Å². The summed E-state index contributed by atoms with van der Waals surface area (Å²) in [6, 6.07) is 5.18. The molecule has 1 aliphatic rings. The molecule has 7 nitrogen and oxygen atoms in total. The largest absolute Gasteiger partial charge is 0.417 e. The Labute approximate surface area is 209 Å². The molecule has 0 aliphatic carbocycles. The number of aromatic amines is 1. The summed E-state index contributed by atoms with van der Waals surface area (Å²) in [5.41, 5.74) is 4.22. The van der Waals surface area contributed by atoms with Gasteiger partial charge >= 0.3 is 6.18 Å². The Hall–Kier alpha value is -3.66. The van der Waals surface area contributed by atoms with Crippen molar-refractivity contribution in [3.05, 3.63) is 84.9 Å². The first kappa shape index (κ1) is 26.9. The zero-order valence-electron chi connectivity index (χ0n) is 20.4. The fraction of sp³-hybridized carbons (Fsp3) is 0.346. The molecule has 0 amide bonds. The average molecular weight is 500 g/mol. The van der Waals surface area contributed by atoms with Gasteiger partial charge in [0.15, 0.2) is 0 Å². The molecule has 0 atom stereocenters. The summed E-state index contributed by atoms with van der Waals surface area (Å²) >= 11 is 0. The summed E-state index contributed by atoms with van der Waals surface area (Å²) < 4.78 is 35.8. The van der Waals surface area contributed by atoms with Gasteiger partial charge in [-0.15, -0.1) is 0 Å². The minimum absolute atomic E-state index is 0.514. The first-order valence-corrected chi connectivity index (χ1v) is 11.8. The number of H-pyrrole nitrogens is 1. The highest BCUT2D eigenvalue weighted by Crippen LogP contribution is 2.28. The Morgan fingerprint density at radius 1 is 1.17 bits per heavy atom. The number of nitrogens with zero attached hydrogens (tertiary/aromatic N) is 4. The van der Waals surface area contributed by atoms with Gasteiger partial charge in [-0.2, -0.15) is 18.3 Å². The van der Waals surface area contributed by atoms with E-state index < -0.39 is 11.7 Å². The lowest BCUT2D eigenvalue weighted by molar-refractivity contribution is -0.137. The van der Waals surface area contributed by atoms with E-state index in [1.807, 2.05) is 12.3 Å². The Balaban J connectivity index is 0.000000275. The van der Waals surface area contributed by atoms with E-state index in [1.165, 1.54) is 38.7 Å². The Kier molecular flexibility index (Phi) is 9.63. The van der Waals surface area contributed by atoms with Crippen LogP contribution in [0, 0.1) is 6.92 Å². The van der Waals surface area contributed by atoms with Gasteiger partial charge in [0.25, 0.3) is 0 Å². The van der Waals surface area contributed by atoms with Crippen molar-refractivity contribution < 1.29 is 13.2 Å². The van der Waals surface area contributed by atoms with Gasteiger partial charge < -0.3 is 15.5 Å². The number of aryl methyl sites for hydroxylation is 2. The van der Waals surface area contributed by atoms with Gasteiger partial charge in [0, 0.05) is 18.1 Å². The number of anilines is 2. The zero-order chi connectivity index (χ0) is 26.0. The summed E-state index contributed by atoms with van der Waals surface area (Å²) in [5.74, 6) is 0. The zero-order valence-corrected chi connectivity index (χ0v) is 20.4. The Bertz CT molecular complexity index is 1120. The summed E-state index contributed by atoms with van der Waals surface area (Å²) in [6.07, 6.45) is 7.97. The maximum Gasteiger partial charge on any atom is 0.417 e. The van der Waals surface area contributed by atoms with Crippen molar-refractivity contribution in [1.29, 1.82) is 0 Å². The number of pyridine rings is 2. The van der Waals surface area contributed by atoms with Gasteiger partial charge in [0.1, 0.15) is 5.69 Å². The molecule has 0 bridgehead atoms. The molecule has 3 N–H and O–H groups in total. The topological polar surface area (TPSA) is 81.8 Å². The van der Waals surface area contributed by atoms with Crippen LogP contribution in [0.1, 0.15) is 41.8 Å². The molecule has 0 unspecified atom stereocenters. The Morgan fingerprint density at radius 3 is 2.56 bits per heavy atom. The monoisotopic (exact) mass is 499 g/mol. The standard InChI is InChI=1S/C19H26N6.C7H6F3N/c1-3-20-18-14-22-24-19(18)15(2)23-17-9-8-16(21-13-17)7-6-12-25-10-4-5-11-25;1-5-2-6(4-11-3-5)7(8,9)10/h3,8-9,13-14,20,23H,1-2,4-7,10-12H2,(H,22,24);2-4H,1H3. The first-order valence-electron chi connectivity index (χ1n) is 11.8. The normalized spacial score (nSPS) is 13.6. The van der Waals surface area contributed by atoms with Crippen LogP contribution in [-0.4, -0.2) is 44.7 Å². The minimum Gasteiger partial charge on any atom is -0.359 e. The van der Waals surface area contributed by atoms with E-state index in [4.69, 9.17) is 0 Å². The number of likely N-dealkylation sites (tertiary alicyclic amines) is 1. The van der Waals surface area contributed by atoms with Gasteiger partial charge in [-0.3, -0.25) is 15.1 Å². The lowest BCUT2D eigenvalue weighted by atomic mass is 10.2. The lowest BCUT2D eigenvalue weighted by Gasteiger charge is -2.14. The van der Waals surface area contributed by atoms with Crippen LogP contribution in [0.5, 0.6) is 0 Å². The van der Waals surface area contributed by atoms with Crippen LogP contribution >= 0.6 is 0 Å². The molecule has 4 heterocycles. The fourth-order valence-electron chi connectivity index (χ4n) is 3.82. The van der Waals surface area contributed by atoms with E-state index in [-0.39, 0.29) is 0 Å². The predicted molar refractivity (Wildman–Crippen MR) is 137 cm³/mol. The number of aromatic nitrogens is 4. The Morgan fingerprint density at radius 2 is 1.94 bits per heavy atom. The molecule has 4 rings (SSSR count). The SMILES string of the molecule is C=CNc1cn[nH]c1C(=C)Nc1ccc(CCCN2CCCC2)nc1.Cc1cncc(C(F)(F)F)c1. The van der Waals surface area contributed by atoms with Gasteiger partial charge in [-0.05, 0) is 82.2 Å². The van der Waals surface area contributed by atoms with Crippen molar-refractivity contribution in [3.8, 4) is 0 Å². The molecule has 10 heteroatoms. The molecular weight excluding hydrogens is 467 g/mol. The molecule has 0 saturated carbocycles. The van der Waals surface area contributed by atoms with E-state index in [0.717, 1.165) is 53.6 Å². The third-order valence-corrected chi connectivity index (χ3v) is 5.63. The molecule has 3 aromatic rings. The third kappa shape index (κ3) is 8.23. The number of hydrogen-bond donors (Lipinski definition) is 3. The van der Waals surface area contributed by atoms with Crippen molar-refractivity contribution in [2.75, 3.05) is 30.3 Å². The molecule has 0 aromatic carbocycles. The summed E-state index contributed by atoms with van der Waals surface area (Å²) in [4.78, 5) is 10.5. The van der Waals surface area contributed by atoms with Crippen molar-refractivity contribution >= 4 is 17.1 Å². The van der Waals surface area contributed by atoms with E-state index in [1.54, 1.807) is 19.3 Å².